The fourth-order valence-corrected chi connectivity index (χ4v) is 1.67. The maximum Gasteiger partial charge on any atom is 0.0214 e. The average molecular weight is 245 g/mol. The first kappa shape index (κ1) is 13.0. The number of allylic oxidation sites excluding steroid dienone is 4. The Labute approximate surface area is 91.2 Å². The molecule has 0 aliphatic heterocycles. The third-order valence-electron chi connectivity index (χ3n) is 2.01. The molecule has 1 heteroatoms. The summed E-state index contributed by atoms with van der Waals surface area (Å²) in [4.78, 5) is 0. The van der Waals surface area contributed by atoms with Gasteiger partial charge in [0.15, 0.2) is 0 Å². The number of rotatable bonds is 7. The molecule has 0 atom stereocenters. The molecule has 0 aliphatic rings. The van der Waals surface area contributed by atoms with E-state index in [-0.39, 0.29) is 0 Å². The summed E-state index contributed by atoms with van der Waals surface area (Å²) in [6, 6.07) is 0. The molecule has 0 aromatic rings. The van der Waals surface area contributed by atoms with Crippen LogP contribution in [0.25, 0.3) is 0 Å². The first-order chi connectivity index (χ1) is 6.31. The second-order valence-electron chi connectivity index (χ2n) is 3.38. The Morgan fingerprint density at radius 3 is 2.62 bits per heavy atom. The predicted molar refractivity (Wildman–Crippen MR) is 65.5 cm³/mol. The minimum atomic E-state index is 0.975. The Balaban J connectivity index is 3.35. The van der Waals surface area contributed by atoms with Crippen molar-refractivity contribution in [1.82, 2.24) is 0 Å². The third-order valence-corrected chi connectivity index (χ3v) is 2.33. The van der Waals surface area contributed by atoms with Crippen LogP contribution in [0.3, 0.4) is 0 Å². The molecule has 0 aromatic carbocycles. The van der Waals surface area contributed by atoms with Crippen LogP contribution in [0.5, 0.6) is 0 Å². The zero-order valence-corrected chi connectivity index (χ0v) is 10.4. The quantitative estimate of drug-likeness (QED) is 0.341. The van der Waals surface area contributed by atoms with E-state index < -0.39 is 0 Å². The molecule has 0 aromatic heterocycles. The zero-order valence-electron chi connectivity index (χ0n) is 8.85. The number of hydrogen-bond acceptors (Lipinski definition) is 0. The molecule has 0 fully saturated rings. The zero-order chi connectivity index (χ0) is 9.94. The highest BCUT2D eigenvalue weighted by molar-refractivity contribution is 9.09. The van der Waals surface area contributed by atoms with Gasteiger partial charge in [-0.15, -0.1) is 0 Å². The highest BCUT2D eigenvalue weighted by Crippen LogP contribution is 2.04. The second kappa shape index (κ2) is 10.0. The van der Waals surface area contributed by atoms with Gasteiger partial charge in [-0.1, -0.05) is 59.5 Å². The van der Waals surface area contributed by atoms with Crippen LogP contribution in [0.15, 0.2) is 23.8 Å². The van der Waals surface area contributed by atoms with Gasteiger partial charge in [-0.3, -0.25) is 0 Å². The molecule has 76 valence electrons. The second-order valence-corrected chi connectivity index (χ2v) is 4.02. The summed E-state index contributed by atoms with van der Waals surface area (Å²) < 4.78 is 0. The van der Waals surface area contributed by atoms with Gasteiger partial charge in [0.2, 0.25) is 0 Å². The van der Waals surface area contributed by atoms with Gasteiger partial charge in [-0.25, -0.2) is 0 Å². The number of halogens is 1. The van der Waals surface area contributed by atoms with Gasteiger partial charge in [0, 0.05) is 5.33 Å². The van der Waals surface area contributed by atoms with E-state index in [0.717, 1.165) is 11.8 Å². The normalized spacial score (nSPS) is 12.7. The van der Waals surface area contributed by atoms with Gasteiger partial charge in [0.1, 0.15) is 0 Å². The van der Waals surface area contributed by atoms with Gasteiger partial charge in [-0.2, -0.15) is 0 Å². The lowest BCUT2D eigenvalue weighted by atomic mass is 10.1. The van der Waals surface area contributed by atoms with E-state index in [0.29, 0.717) is 0 Å². The van der Waals surface area contributed by atoms with E-state index in [1.54, 1.807) is 0 Å². The maximum absolute atomic E-state index is 3.39. The molecule has 0 spiro atoms. The fourth-order valence-electron chi connectivity index (χ4n) is 1.11. The van der Waals surface area contributed by atoms with E-state index in [1.165, 1.54) is 31.3 Å². The van der Waals surface area contributed by atoms with Gasteiger partial charge in [0.25, 0.3) is 0 Å². The summed E-state index contributed by atoms with van der Waals surface area (Å²) >= 11 is 3.39. The largest absolute Gasteiger partial charge is 0.0883 e. The van der Waals surface area contributed by atoms with E-state index in [2.05, 4.69) is 48.0 Å². The molecule has 0 N–H and O–H groups in total. The van der Waals surface area contributed by atoms with Gasteiger partial charge in [-0.05, 0) is 26.2 Å². The first-order valence-corrected chi connectivity index (χ1v) is 6.30. The Hall–Kier alpha value is -0.0400. The van der Waals surface area contributed by atoms with Crippen molar-refractivity contribution in [3.05, 3.63) is 23.8 Å². The SMILES string of the molecule is CCCCC/C=C/C/C(C)=C/CBr. The highest BCUT2D eigenvalue weighted by Gasteiger charge is 1.84. The number of hydrogen-bond donors (Lipinski definition) is 0. The maximum atomic E-state index is 3.39. The van der Waals surface area contributed by atoms with Crippen LogP contribution in [0.4, 0.5) is 0 Å². The lowest BCUT2D eigenvalue weighted by molar-refractivity contribution is 0.728. The lowest BCUT2D eigenvalue weighted by Gasteiger charge is -1.94. The molecule has 0 saturated carbocycles. The van der Waals surface area contributed by atoms with Gasteiger partial charge < -0.3 is 0 Å². The molecular weight excluding hydrogens is 224 g/mol. The summed E-state index contributed by atoms with van der Waals surface area (Å²) in [6.45, 7) is 4.42. The minimum Gasteiger partial charge on any atom is -0.0883 e. The molecule has 0 saturated heterocycles. The molecule has 0 heterocycles. The van der Waals surface area contributed by atoms with E-state index in [1.807, 2.05) is 0 Å². The van der Waals surface area contributed by atoms with Crippen molar-refractivity contribution in [1.29, 1.82) is 0 Å². The lowest BCUT2D eigenvalue weighted by Crippen LogP contribution is -1.75. The summed E-state index contributed by atoms with van der Waals surface area (Å²) in [7, 11) is 0. The van der Waals surface area contributed by atoms with Crippen molar-refractivity contribution in [3.8, 4) is 0 Å². The van der Waals surface area contributed by atoms with Crippen LogP contribution in [0.1, 0.15) is 46.0 Å². The van der Waals surface area contributed by atoms with E-state index >= 15 is 0 Å². The van der Waals surface area contributed by atoms with E-state index in [4.69, 9.17) is 0 Å². The molecule has 0 amide bonds. The minimum absolute atomic E-state index is 0.975. The first-order valence-electron chi connectivity index (χ1n) is 5.17. The van der Waals surface area contributed by atoms with Crippen LogP contribution in [-0.4, -0.2) is 5.33 Å². The highest BCUT2D eigenvalue weighted by atomic mass is 79.9. The summed E-state index contributed by atoms with van der Waals surface area (Å²) in [5.74, 6) is 0. The van der Waals surface area contributed by atoms with Crippen LogP contribution in [0, 0.1) is 0 Å². The van der Waals surface area contributed by atoms with Gasteiger partial charge >= 0.3 is 0 Å². The van der Waals surface area contributed by atoms with Crippen molar-refractivity contribution in [2.24, 2.45) is 0 Å². The monoisotopic (exact) mass is 244 g/mol. The number of unbranched alkanes of at least 4 members (excludes halogenated alkanes) is 3. The molecule has 0 radical (unpaired) electrons. The average Bonchev–Trinajstić information content (AvgIpc) is 2.11. The molecule has 0 nitrogen and oxygen atoms in total. The third kappa shape index (κ3) is 9.88. The van der Waals surface area contributed by atoms with Crippen molar-refractivity contribution in [3.63, 3.8) is 0 Å². The fraction of sp³-hybridized carbons (Fsp3) is 0.667. The Morgan fingerprint density at radius 2 is 2.00 bits per heavy atom. The smallest absolute Gasteiger partial charge is 0.0214 e. The molecule has 0 unspecified atom stereocenters. The van der Waals surface area contributed by atoms with Crippen LogP contribution in [0.2, 0.25) is 0 Å². The molecular formula is C12H21Br. The molecule has 0 rings (SSSR count). The summed E-state index contributed by atoms with van der Waals surface area (Å²) in [5.41, 5.74) is 1.45. The van der Waals surface area contributed by atoms with E-state index in [9.17, 15) is 0 Å². The molecule has 13 heavy (non-hydrogen) atoms. The topological polar surface area (TPSA) is 0 Å². The number of alkyl halides is 1. The molecule has 0 aliphatic carbocycles. The van der Waals surface area contributed by atoms with Crippen LogP contribution < -0.4 is 0 Å². The van der Waals surface area contributed by atoms with Crippen LogP contribution >= 0.6 is 15.9 Å². The van der Waals surface area contributed by atoms with Crippen molar-refractivity contribution >= 4 is 15.9 Å². The predicted octanol–water partition coefficient (Wildman–Crippen LogP) is 4.85. The Morgan fingerprint density at radius 1 is 1.23 bits per heavy atom. The standard InChI is InChI=1S/C12H21Br/c1-3-4-5-6-7-8-9-12(2)10-11-13/h7-8,10H,3-6,9,11H2,1-2H3/b8-7+,12-10+. The van der Waals surface area contributed by atoms with Crippen molar-refractivity contribution in [2.45, 2.75) is 46.0 Å². The Bertz CT molecular complexity index is 157. The summed E-state index contributed by atoms with van der Waals surface area (Å²) in [6.07, 6.45) is 13.2. The van der Waals surface area contributed by atoms with Crippen molar-refractivity contribution < 1.29 is 0 Å². The molecule has 0 bridgehead atoms. The van der Waals surface area contributed by atoms with Crippen molar-refractivity contribution in [2.75, 3.05) is 5.33 Å². The van der Waals surface area contributed by atoms with Crippen LogP contribution in [-0.2, 0) is 0 Å². The Kier molecular flexibility index (Phi) is 10.0. The van der Waals surface area contributed by atoms with Gasteiger partial charge in [0.05, 0.1) is 0 Å². The summed E-state index contributed by atoms with van der Waals surface area (Å²) in [5, 5.41) is 0.975.